The van der Waals surface area contributed by atoms with Gasteiger partial charge in [0.1, 0.15) is 17.2 Å². The second-order valence-corrected chi connectivity index (χ2v) is 2.77. The molecule has 16 heavy (non-hydrogen) atoms. The molecule has 0 saturated carbocycles. The third-order valence-corrected chi connectivity index (χ3v) is 1.90. The van der Waals surface area contributed by atoms with Crippen molar-refractivity contribution in [3.63, 3.8) is 0 Å². The van der Waals surface area contributed by atoms with Gasteiger partial charge in [-0.05, 0) is 12.1 Å². The van der Waals surface area contributed by atoms with Crippen molar-refractivity contribution in [2.24, 2.45) is 5.73 Å². The molecule has 0 radical (unpaired) electrons. The predicted octanol–water partition coefficient (Wildman–Crippen LogP) is 0.378. The Morgan fingerprint density at radius 1 is 1.56 bits per heavy atom. The van der Waals surface area contributed by atoms with E-state index in [9.17, 15) is 19.7 Å². The van der Waals surface area contributed by atoms with E-state index in [1.54, 1.807) is 6.07 Å². The van der Waals surface area contributed by atoms with E-state index in [4.69, 9.17) is 11.0 Å². The van der Waals surface area contributed by atoms with Crippen LogP contribution in [0.1, 0.15) is 26.3 Å². The van der Waals surface area contributed by atoms with Gasteiger partial charge < -0.3 is 5.73 Å². The topological polar surface area (TPSA) is 127 Å². The number of primary amides is 1. The molecule has 1 rings (SSSR count). The maximum atomic E-state index is 10.9. The molecule has 0 saturated heterocycles. The van der Waals surface area contributed by atoms with Crippen molar-refractivity contribution < 1.29 is 14.5 Å². The molecule has 0 fully saturated rings. The van der Waals surface area contributed by atoms with E-state index in [-0.39, 0.29) is 17.4 Å². The molecule has 0 bridgehead atoms. The highest BCUT2D eigenvalue weighted by atomic mass is 16.6. The minimum absolute atomic E-state index is 0.138. The summed E-state index contributed by atoms with van der Waals surface area (Å²) in [5, 5.41) is 19.3. The Morgan fingerprint density at radius 2 is 2.19 bits per heavy atom. The van der Waals surface area contributed by atoms with Crippen LogP contribution in [0.3, 0.4) is 0 Å². The molecule has 1 amide bonds. The number of amides is 1. The van der Waals surface area contributed by atoms with Crippen LogP contribution in [0.5, 0.6) is 0 Å². The van der Waals surface area contributed by atoms with Crippen LogP contribution in [0.2, 0.25) is 0 Å². The fraction of sp³-hybridized carbons (Fsp3) is 0. The maximum Gasteiger partial charge on any atom is 0.298 e. The number of rotatable bonds is 3. The molecule has 1 aromatic carbocycles. The van der Waals surface area contributed by atoms with Crippen LogP contribution in [0.4, 0.5) is 5.69 Å². The van der Waals surface area contributed by atoms with Gasteiger partial charge in [0.05, 0.1) is 10.5 Å². The van der Waals surface area contributed by atoms with Gasteiger partial charge in [-0.2, -0.15) is 5.26 Å². The van der Waals surface area contributed by atoms with Crippen LogP contribution < -0.4 is 5.73 Å². The molecule has 0 unspecified atom stereocenters. The second kappa shape index (κ2) is 4.18. The molecule has 0 aliphatic carbocycles. The molecule has 0 heterocycles. The summed E-state index contributed by atoms with van der Waals surface area (Å²) < 4.78 is 0. The van der Waals surface area contributed by atoms with Gasteiger partial charge in [-0.1, -0.05) is 0 Å². The summed E-state index contributed by atoms with van der Waals surface area (Å²) in [4.78, 5) is 31.4. The average molecular weight is 219 g/mol. The molecule has 0 atom stereocenters. The van der Waals surface area contributed by atoms with Crippen LogP contribution in [0.25, 0.3) is 0 Å². The first-order valence-corrected chi connectivity index (χ1v) is 3.99. The normalized spacial score (nSPS) is 9.19. The Kier molecular flexibility index (Phi) is 2.96. The van der Waals surface area contributed by atoms with Crippen LogP contribution >= 0.6 is 0 Å². The number of aldehydes is 1. The Bertz CT molecular complexity index is 530. The molecule has 7 nitrogen and oxygen atoms in total. The van der Waals surface area contributed by atoms with Crippen molar-refractivity contribution in [1.29, 1.82) is 5.26 Å². The molecule has 0 aliphatic heterocycles. The van der Waals surface area contributed by atoms with Gasteiger partial charge in [0.25, 0.3) is 5.69 Å². The molecule has 7 heteroatoms. The van der Waals surface area contributed by atoms with Crippen molar-refractivity contribution in [2.45, 2.75) is 0 Å². The Morgan fingerprint density at radius 3 is 2.56 bits per heavy atom. The molecule has 0 aromatic heterocycles. The lowest BCUT2D eigenvalue weighted by molar-refractivity contribution is -0.385. The minimum atomic E-state index is -0.963. The first kappa shape index (κ1) is 11.3. The van der Waals surface area contributed by atoms with Crippen molar-refractivity contribution in [3.8, 4) is 6.07 Å². The lowest BCUT2D eigenvalue weighted by Gasteiger charge is -2.02. The largest absolute Gasteiger partial charge is 0.366 e. The fourth-order valence-electron chi connectivity index (χ4n) is 1.23. The lowest BCUT2D eigenvalue weighted by Crippen LogP contribution is -2.15. The number of carbonyl (C=O) groups is 2. The van der Waals surface area contributed by atoms with Gasteiger partial charge in [0.15, 0.2) is 6.29 Å². The summed E-state index contributed by atoms with van der Waals surface area (Å²) in [5.74, 6) is -0.963. The lowest BCUT2D eigenvalue weighted by atomic mass is 10.0. The van der Waals surface area contributed by atoms with Gasteiger partial charge in [-0.3, -0.25) is 19.7 Å². The van der Waals surface area contributed by atoms with E-state index in [1.807, 2.05) is 0 Å². The standard InChI is InChI=1S/C9H5N3O4/c10-3-5-1-2-6(9(11)14)7(4-13)8(5)12(15)16/h1-2,4H,(H2,11,14). The number of nitro benzene ring substituents is 1. The Hall–Kier alpha value is -2.75. The SMILES string of the molecule is N#Cc1ccc(C(N)=O)c(C=O)c1[N+](=O)[O-]. The van der Waals surface area contributed by atoms with Crippen LogP contribution in [0, 0.1) is 21.4 Å². The zero-order valence-electron chi connectivity index (χ0n) is 7.84. The van der Waals surface area contributed by atoms with Crippen molar-refractivity contribution in [1.82, 2.24) is 0 Å². The number of nitrogens with two attached hydrogens (primary N) is 1. The monoisotopic (exact) mass is 219 g/mol. The van der Waals surface area contributed by atoms with Gasteiger partial charge in [-0.15, -0.1) is 0 Å². The van der Waals surface area contributed by atoms with E-state index in [2.05, 4.69) is 0 Å². The Balaban J connectivity index is 3.71. The van der Waals surface area contributed by atoms with Gasteiger partial charge in [0, 0.05) is 0 Å². The maximum absolute atomic E-state index is 10.9. The van der Waals surface area contributed by atoms with E-state index < -0.39 is 22.1 Å². The molecule has 80 valence electrons. The summed E-state index contributed by atoms with van der Waals surface area (Å²) >= 11 is 0. The first-order chi connectivity index (χ1) is 7.52. The zero-order chi connectivity index (χ0) is 12.3. The van der Waals surface area contributed by atoms with Crippen LogP contribution in [-0.2, 0) is 0 Å². The molecular formula is C9H5N3O4. The third-order valence-electron chi connectivity index (χ3n) is 1.90. The Labute approximate surface area is 89.2 Å². The molecular weight excluding hydrogens is 214 g/mol. The molecule has 2 N–H and O–H groups in total. The van der Waals surface area contributed by atoms with Crippen molar-refractivity contribution in [2.75, 3.05) is 0 Å². The highest BCUT2D eigenvalue weighted by Crippen LogP contribution is 2.25. The summed E-state index contributed by atoms with van der Waals surface area (Å²) in [5.41, 5.74) is 3.20. The number of carbonyl (C=O) groups excluding carboxylic acids is 2. The fourth-order valence-corrected chi connectivity index (χ4v) is 1.23. The smallest absolute Gasteiger partial charge is 0.298 e. The predicted molar refractivity (Wildman–Crippen MR) is 51.7 cm³/mol. The highest BCUT2D eigenvalue weighted by Gasteiger charge is 2.24. The summed E-state index contributed by atoms with van der Waals surface area (Å²) in [6.07, 6.45) is 0.138. The van der Waals surface area contributed by atoms with E-state index in [0.29, 0.717) is 0 Å². The molecule has 0 spiro atoms. The van der Waals surface area contributed by atoms with E-state index >= 15 is 0 Å². The van der Waals surface area contributed by atoms with Gasteiger partial charge in [0.2, 0.25) is 5.91 Å². The van der Waals surface area contributed by atoms with Gasteiger partial charge in [-0.25, -0.2) is 0 Å². The van der Waals surface area contributed by atoms with E-state index in [0.717, 1.165) is 12.1 Å². The number of nitriles is 1. The average Bonchev–Trinajstić information content (AvgIpc) is 2.26. The number of benzene rings is 1. The van der Waals surface area contributed by atoms with Crippen molar-refractivity contribution in [3.05, 3.63) is 38.9 Å². The number of hydrogen-bond acceptors (Lipinski definition) is 5. The van der Waals surface area contributed by atoms with Gasteiger partial charge >= 0.3 is 0 Å². The molecule has 1 aromatic rings. The van der Waals surface area contributed by atoms with Crippen LogP contribution in [-0.4, -0.2) is 17.1 Å². The highest BCUT2D eigenvalue weighted by molar-refractivity contribution is 6.03. The molecule has 0 aliphatic rings. The number of nitro groups is 1. The minimum Gasteiger partial charge on any atom is -0.366 e. The van der Waals surface area contributed by atoms with Crippen molar-refractivity contribution >= 4 is 17.9 Å². The summed E-state index contributed by atoms with van der Waals surface area (Å²) in [6, 6.07) is 3.75. The number of hydrogen-bond donors (Lipinski definition) is 1. The first-order valence-electron chi connectivity index (χ1n) is 3.99. The quantitative estimate of drug-likeness (QED) is 0.446. The summed E-state index contributed by atoms with van der Waals surface area (Å²) in [6.45, 7) is 0. The summed E-state index contributed by atoms with van der Waals surface area (Å²) in [7, 11) is 0. The zero-order valence-corrected chi connectivity index (χ0v) is 7.84. The third kappa shape index (κ3) is 1.72. The van der Waals surface area contributed by atoms with E-state index in [1.165, 1.54) is 0 Å². The number of nitrogens with zero attached hydrogens (tertiary/aromatic N) is 2. The van der Waals surface area contributed by atoms with Crippen LogP contribution in [0.15, 0.2) is 12.1 Å². The second-order valence-electron chi connectivity index (χ2n) is 2.77.